The third kappa shape index (κ3) is 1.77. The van der Waals surface area contributed by atoms with E-state index in [4.69, 9.17) is 4.74 Å². The number of ether oxygens (including phenoxy) is 1. The number of rotatable bonds is 1. The second-order valence-electron chi connectivity index (χ2n) is 5.89. The molecule has 1 heterocycles. The number of amides is 1. The fraction of sp³-hybridized carbons (Fsp3) is 0.833. The Morgan fingerprint density at radius 2 is 2.00 bits per heavy atom. The summed E-state index contributed by atoms with van der Waals surface area (Å²) < 4.78 is 5.27. The van der Waals surface area contributed by atoms with Crippen LogP contribution < -0.4 is 0 Å². The van der Waals surface area contributed by atoms with E-state index in [0.717, 1.165) is 12.8 Å². The molecule has 5 nitrogen and oxygen atoms in total. The van der Waals surface area contributed by atoms with Crippen LogP contribution in [0.1, 0.15) is 40.0 Å². The SMILES string of the molecule is CC(C)(C)OC(=O)N1CCC2CCC21C(=O)O. The van der Waals surface area contributed by atoms with E-state index in [9.17, 15) is 14.7 Å². The van der Waals surface area contributed by atoms with Gasteiger partial charge in [0.15, 0.2) is 0 Å². The lowest BCUT2D eigenvalue weighted by atomic mass is 9.67. The number of hydrogen-bond acceptors (Lipinski definition) is 3. The van der Waals surface area contributed by atoms with Gasteiger partial charge in [-0.05, 0) is 46.0 Å². The van der Waals surface area contributed by atoms with Gasteiger partial charge in [-0.15, -0.1) is 0 Å². The summed E-state index contributed by atoms with van der Waals surface area (Å²) in [5, 5.41) is 9.36. The summed E-state index contributed by atoms with van der Waals surface area (Å²) in [5.41, 5.74) is -1.57. The number of fused-ring (bicyclic) bond motifs is 1. The monoisotopic (exact) mass is 241 g/mol. The van der Waals surface area contributed by atoms with E-state index >= 15 is 0 Å². The molecule has 5 heteroatoms. The van der Waals surface area contributed by atoms with Gasteiger partial charge in [0.05, 0.1) is 0 Å². The zero-order valence-electron chi connectivity index (χ0n) is 10.5. The second-order valence-corrected chi connectivity index (χ2v) is 5.89. The Labute approximate surface area is 101 Å². The van der Waals surface area contributed by atoms with Crippen LogP contribution in [0, 0.1) is 5.92 Å². The van der Waals surface area contributed by atoms with Gasteiger partial charge >= 0.3 is 12.1 Å². The quantitative estimate of drug-likeness (QED) is 0.761. The molecule has 0 spiro atoms. The van der Waals surface area contributed by atoms with Crippen LogP contribution in [0.3, 0.4) is 0 Å². The van der Waals surface area contributed by atoms with Gasteiger partial charge in [-0.3, -0.25) is 4.90 Å². The Hall–Kier alpha value is -1.26. The highest BCUT2D eigenvalue weighted by Crippen LogP contribution is 2.50. The van der Waals surface area contributed by atoms with Crippen molar-refractivity contribution < 1.29 is 19.4 Å². The van der Waals surface area contributed by atoms with Crippen molar-refractivity contribution in [2.45, 2.75) is 51.2 Å². The third-order valence-corrected chi connectivity index (χ3v) is 3.72. The highest BCUT2D eigenvalue weighted by atomic mass is 16.6. The van der Waals surface area contributed by atoms with E-state index in [1.165, 1.54) is 4.90 Å². The highest BCUT2D eigenvalue weighted by Gasteiger charge is 2.62. The largest absolute Gasteiger partial charge is 0.479 e. The fourth-order valence-electron chi connectivity index (χ4n) is 2.81. The third-order valence-electron chi connectivity index (χ3n) is 3.72. The van der Waals surface area contributed by atoms with Crippen molar-refractivity contribution in [1.82, 2.24) is 4.90 Å². The molecule has 1 aliphatic carbocycles. The van der Waals surface area contributed by atoms with Gasteiger partial charge in [0.25, 0.3) is 0 Å². The van der Waals surface area contributed by atoms with E-state index in [2.05, 4.69) is 0 Å². The normalized spacial score (nSPS) is 31.7. The number of hydrogen-bond donors (Lipinski definition) is 1. The molecule has 96 valence electrons. The molecular formula is C12H19NO4. The average Bonchev–Trinajstić information content (AvgIpc) is 2.35. The predicted octanol–water partition coefficient (Wildman–Crippen LogP) is 1.86. The first-order valence-corrected chi connectivity index (χ1v) is 6.01. The van der Waals surface area contributed by atoms with Crippen LogP contribution in [0.2, 0.25) is 0 Å². The van der Waals surface area contributed by atoms with Gasteiger partial charge in [0, 0.05) is 6.54 Å². The molecule has 2 rings (SSSR count). The molecule has 1 aliphatic heterocycles. The highest BCUT2D eigenvalue weighted by molar-refractivity contribution is 5.87. The van der Waals surface area contributed by atoms with Crippen LogP contribution >= 0.6 is 0 Å². The summed E-state index contributed by atoms with van der Waals surface area (Å²) in [7, 11) is 0. The standard InChI is InChI=1S/C12H19NO4/c1-11(2,3)17-10(16)13-7-5-8-4-6-12(8,13)9(14)15/h8H,4-7H2,1-3H3,(H,14,15). The molecule has 1 N–H and O–H groups in total. The number of aliphatic carboxylic acids is 1. The lowest BCUT2D eigenvalue weighted by Crippen LogP contribution is -2.62. The van der Waals surface area contributed by atoms with Crippen molar-refractivity contribution in [3.63, 3.8) is 0 Å². The summed E-state index contributed by atoms with van der Waals surface area (Å²) >= 11 is 0. The van der Waals surface area contributed by atoms with Crippen LogP contribution in [0.25, 0.3) is 0 Å². The molecular weight excluding hydrogens is 222 g/mol. The molecule has 17 heavy (non-hydrogen) atoms. The Bertz CT molecular complexity index is 360. The summed E-state index contributed by atoms with van der Waals surface area (Å²) in [6.45, 7) is 5.85. The van der Waals surface area contributed by atoms with Crippen molar-refractivity contribution in [3.8, 4) is 0 Å². The first-order valence-electron chi connectivity index (χ1n) is 6.01. The second kappa shape index (κ2) is 3.62. The summed E-state index contributed by atoms with van der Waals surface area (Å²) in [5.74, 6) is -0.787. The molecule has 1 saturated heterocycles. The van der Waals surface area contributed by atoms with Gasteiger partial charge in [-0.2, -0.15) is 0 Å². The number of nitrogens with zero attached hydrogens (tertiary/aromatic N) is 1. The molecule has 0 aromatic heterocycles. The maximum atomic E-state index is 12.0. The molecule has 0 bridgehead atoms. The maximum absolute atomic E-state index is 12.0. The van der Waals surface area contributed by atoms with Crippen LogP contribution in [0.4, 0.5) is 4.79 Å². The first-order chi connectivity index (χ1) is 7.77. The van der Waals surface area contributed by atoms with Crippen LogP contribution in [-0.4, -0.2) is 39.8 Å². The lowest BCUT2D eigenvalue weighted by Gasteiger charge is -2.46. The molecule has 0 aromatic rings. The minimum absolute atomic E-state index is 0.104. The lowest BCUT2D eigenvalue weighted by molar-refractivity contribution is -0.158. The Morgan fingerprint density at radius 3 is 2.41 bits per heavy atom. The molecule has 2 aliphatic rings. The van der Waals surface area contributed by atoms with Gasteiger partial charge in [0.1, 0.15) is 11.1 Å². The van der Waals surface area contributed by atoms with Crippen molar-refractivity contribution in [3.05, 3.63) is 0 Å². The van der Waals surface area contributed by atoms with Gasteiger partial charge in [0.2, 0.25) is 0 Å². The van der Waals surface area contributed by atoms with E-state index in [1.807, 2.05) is 0 Å². The van der Waals surface area contributed by atoms with E-state index in [1.54, 1.807) is 20.8 Å². The fourth-order valence-corrected chi connectivity index (χ4v) is 2.81. The molecule has 2 fully saturated rings. The average molecular weight is 241 g/mol. The number of carbonyl (C=O) groups is 2. The summed E-state index contributed by atoms with van der Waals surface area (Å²) in [6, 6.07) is 0. The maximum Gasteiger partial charge on any atom is 0.411 e. The van der Waals surface area contributed by atoms with E-state index in [-0.39, 0.29) is 5.92 Å². The van der Waals surface area contributed by atoms with Crippen molar-refractivity contribution >= 4 is 12.1 Å². The molecule has 2 unspecified atom stereocenters. The number of carboxylic acid groups (broad SMARTS) is 1. The van der Waals surface area contributed by atoms with Crippen molar-refractivity contribution in [2.24, 2.45) is 5.92 Å². The molecule has 1 saturated carbocycles. The minimum Gasteiger partial charge on any atom is -0.479 e. The molecule has 0 radical (unpaired) electrons. The summed E-state index contributed by atoms with van der Waals surface area (Å²) in [4.78, 5) is 24.8. The smallest absolute Gasteiger partial charge is 0.411 e. The van der Waals surface area contributed by atoms with Crippen molar-refractivity contribution in [2.75, 3.05) is 6.54 Å². The van der Waals surface area contributed by atoms with Gasteiger partial charge in [-0.25, -0.2) is 9.59 Å². The Kier molecular flexibility index (Phi) is 2.60. The first kappa shape index (κ1) is 12.2. The Morgan fingerprint density at radius 1 is 1.35 bits per heavy atom. The van der Waals surface area contributed by atoms with Crippen LogP contribution in [0.5, 0.6) is 0 Å². The van der Waals surface area contributed by atoms with Gasteiger partial charge < -0.3 is 9.84 Å². The van der Waals surface area contributed by atoms with E-state index in [0.29, 0.717) is 13.0 Å². The predicted molar refractivity (Wildman–Crippen MR) is 60.6 cm³/mol. The summed E-state index contributed by atoms with van der Waals surface area (Å²) in [6.07, 6.45) is 1.71. The Balaban J connectivity index is 2.16. The van der Waals surface area contributed by atoms with Gasteiger partial charge in [-0.1, -0.05) is 0 Å². The molecule has 0 aromatic carbocycles. The number of likely N-dealkylation sites (tertiary alicyclic amines) is 1. The number of carboxylic acids is 1. The zero-order chi connectivity index (χ0) is 12.8. The minimum atomic E-state index is -0.984. The zero-order valence-corrected chi connectivity index (χ0v) is 10.5. The van der Waals surface area contributed by atoms with Crippen molar-refractivity contribution in [1.29, 1.82) is 0 Å². The van der Waals surface area contributed by atoms with E-state index < -0.39 is 23.2 Å². The number of carbonyl (C=O) groups excluding carboxylic acids is 1. The topological polar surface area (TPSA) is 66.8 Å². The van der Waals surface area contributed by atoms with Crippen LogP contribution in [0.15, 0.2) is 0 Å². The molecule has 2 atom stereocenters. The molecule has 1 amide bonds. The van der Waals surface area contributed by atoms with Crippen LogP contribution in [-0.2, 0) is 9.53 Å².